The van der Waals surface area contributed by atoms with Crippen molar-refractivity contribution in [1.29, 1.82) is 0 Å². The molecule has 1 saturated heterocycles. The number of rotatable bonds is 7. The van der Waals surface area contributed by atoms with Crippen LogP contribution in [0.15, 0.2) is 111 Å². The summed E-state index contributed by atoms with van der Waals surface area (Å²) in [7, 11) is 0. The first-order chi connectivity index (χ1) is 22.3. The fourth-order valence-electron chi connectivity index (χ4n) is 5.81. The van der Waals surface area contributed by atoms with Gasteiger partial charge in [0.25, 0.3) is 0 Å². The first kappa shape index (κ1) is 31.1. The molecule has 0 spiro atoms. The lowest BCUT2D eigenvalue weighted by Crippen LogP contribution is -2.27. The van der Waals surface area contributed by atoms with Gasteiger partial charge in [-0.2, -0.15) is 0 Å². The van der Waals surface area contributed by atoms with Crippen LogP contribution >= 0.6 is 50.1 Å². The fourth-order valence-corrected chi connectivity index (χ4v) is 6.96. The molecule has 2 aromatic heterocycles. The van der Waals surface area contributed by atoms with E-state index in [2.05, 4.69) is 61.0 Å². The molecule has 6 aromatic rings. The monoisotopic (exact) mass is 807 g/mol. The first-order valence-corrected chi connectivity index (χ1v) is 17.1. The van der Waals surface area contributed by atoms with Crippen molar-refractivity contribution in [2.45, 2.75) is 44.6 Å². The highest BCUT2D eigenvalue weighted by Gasteiger charge is 2.34. The number of aryl methyl sites for hydroxylation is 1. The third-order valence-electron chi connectivity index (χ3n) is 8.25. The van der Waals surface area contributed by atoms with E-state index in [4.69, 9.17) is 25.5 Å². The van der Waals surface area contributed by atoms with Gasteiger partial charge in [0.1, 0.15) is 21.6 Å². The van der Waals surface area contributed by atoms with Crippen molar-refractivity contribution in [3.05, 3.63) is 143 Å². The van der Waals surface area contributed by atoms with Gasteiger partial charge in [-0.25, -0.2) is 4.68 Å². The second-order valence-electron chi connectivity index (χ2n) is 11.4. The number of hydrogen-bond acceptors (Lipinski definition) is 6. The summed E-state index contributed by atoms with van der Waals surface area (Å²) in [4.78, 5) is 13.7. The summed E-state index contributed by atoms with van der Waals surface area (Å²) in [5.74, 6) is 0.538. The van der Waals surface area contributed by atoms with E-state index < -0.39 is 0 Å². The Bertz CT molecular complexity index is 2010. The molecule has 0 N–H and O–H groups in total. The van der Waals surface area contributed by atoms with Gasteiger partial charge in [-0.1, -0.05) is 99.0 Å². The molecule has 0 radical (unpaired) electrons. The average molecular weight is 809 g/mol. The standard InChI is InChI=1S/C36H28BrClIN3O4/c1-21-6-8-24(9-7-21)34-35(33(43)28-4-2-3-5-30(28)46-34)44-20-29-36(39)42(41-40-29)27-18-31(22-10-14-25(37)15-11-22)45-32(19-27)23-12-16-26(38)17-13-23/h2-17,27,31-32H,18-20H2,1H3. The maximum absolute atomic E-state index is 13.7. The Morgan fingerprint density at radius 3 is 2.28 bits per heavy atom. The normalized spacial score (nSPS) is 18.1. The van der Waals surface area contributed by atoms with Gasteiger partial charge in [-0.15, -0.1) is 5.10 Å². The molecule has 1 fully saturated rings. The quantitative estimate of drug-likeness (QED) is 0.150. The molecular weight excluding hydrogens is 781 g/mol. The number of ether oxygens (including phenoxy) is 2. The summed E-state index contributed by atoms with van der Waals surface area (Å²) in [6.45, 7) is 2.07. The maximum atomic E-state index is 13.7. The van der Waals surface area contributed by atoms with Crippen molar-refractivity contribution >= 4 is 61.1 Å². The SMILES string of the molecule is Cc1ccc(-c2oc3ccccc3c(=O)c2OCc2nnn(C3CC(c4ccc(Cl)cc4)OC(c4ccc(Br)cc4)C3)c2I)cc1. The molecule has 10 heteroatoms. The van der Waals surface area contributed by atoms with Crippen LogP contribution in [0.1, 0.15) is 53.5 Å². The minimum absolute atomic E-state index is 0.00471. The zero-order valence-electron chi connectivity index (χ0n) is 24.7. The number of hydrogen-bond donors (Lipinski definition) is 0. The van der Waals surface area contributed by atoms with Crippen LogP contribution < -0.4 is 10.2 Å². The van der Waals surface area contributed by atoms with Crippen molar-refractivity contribution in [3.8, 4) is 17.1 Å². The van der Waals surface area contributed by atoms with Crippen LogP contribution in [0.5, 0.6) is 5.75 Å². The van der Waals surface area contributed by atoms with Crippen molar-refractivity contribution in [1.82, 2.24) is 15.0 Å². The van der Waals surface area contributed by atoms with Crippen molar-refractivity contribution < 1.29 is 13.9 Å². The summed E-state index contributed by atoms with van der Waals surface area (Å²) < 4.78 is 23.0. The van der Waals surface area contributed by atoms with E-state index in [1.54, 1.807) is 12.1 Å². The zero-order chi connectivity index (χ0) is 31.8. The lowest BCUT2D eigenvalue weighted by atomic mass is 9.91. The van der Waals surface area contributed by atoms with Gasteiger partial charge in [-0.3, -0.25) is 4.79 Å². The molecule has 46 heavy (non-hydrogen) atoms. The van der Waals surface area contributed by atoms with Gasteiger partial charge in [0.2, 0.25) is 11.2 Å². The largest absolute Gasteiger partial charge is 0.480 e. The van der Waals surface area contributed by atoms with Gasteiger partial charge < -0.3 is 13.9 Å². The summed E-state index contributed by atoms with van der Waals surface area (Å²) in [5, 5.41) is 10.2. The number of nitrogens with zero attached hydrogens (tertiary/aromatic N) is 3. The molecule has 0 aliphatic carbocycles. The summed E-state index contributed by atoms with van der Waals surface area (Å²) in [6, 6.07) is 31.1. The van der Waals surface area contributed by atoms with E-state index in [-0.39, 0.29) is 36.0 Å². The van der Waals surface area contributed by atoms with Crippen LogP contribution in [0.25, 0.3) is 22.3 Å². The number of para-hydroxylation sites is 1. The Balaban J connectivity index is 1.19. The highest BCUT2D eigenvalue weighted by Crippen LogP contribution is 2.44. The van der Waals surface area contributed by atoms with Crippen LogP contribution in [0.4, 0.5) is 0 Å². The Hall–Kier alpha value is -3.51. The van der Waals surface area contributed by atoms with E-state index in [0.717, 1.165) is 36.8 Å². The second kappa shape index (κ2) is 13.3. The van der Waals surface area contributed by atoms with Crippen LogP contribution in [0.3, 0.4) is 0 Å². The number of halogens is 3. The number of fused-ring (bicyclic) bond motifs is 1. The van der Waals surface area contributed by atoms with Crippen LogP contribution in [-0.4, -0.2) is 15.0 Å². The van der Waals surface area contributed by atoms with Crippen LogP contribution in [0, 0.1) is 10.6 Å². The minimum atomic E-state index is -0.229. The maximum Gasteiger partial charge on any atom is 0.235 e. The third kappa shape index (κ3) is 6.38. The Labute approximate surface area is 292 Å². The third-order valence-corrected chi connectivity index (χ3v) is 10.2. The summed E-state index contributed by atoms with van der Waals surface area (Å²) >= 11 is 12.0. The van der Waals surface area contributed by atoms with E-state index in [0.29, 0.717) is 33.9 Å². The molecular formula is C36H28BrClIN3O4. The Kier molecular flexibility index (Phi) is 9.00. The molecule has 232 valence electrons. The molecule has 0 saturated carbocycles. The fraction of sp³-hybridized carbons (Fsp3) is 0.194. The average Bonchev–Trinajstić information content (AvgIpc) is 3.45. The zero-order valence-corrected chi connectivity index (χ0v) is 29.2. The van der Waals surface area contributed by atoms with Gasteiger partial charge in [0.15, 0.2) is 5.76 Å². The highest BCUT2D eigenvalue weighted by molar-refractivity contribution is 14.1. The van der Waals surface area contributed by atoms with Crippen molar-refractivity contribution in [3.63, 3.8) is 0 Å². The first-order valence-electron chi connectivity index (χ1n) is 14.9. The molecule has 3 atom stereocenters. The van der Waals surface area contributed by atoms with Gasteiger partial charge in [-0.05, 0) is 77.0 Å². The van der Waals surface area contributed by atoms with Gasteiger partial charge in [0, 0.05) is 27.9 Å². The van der Waals surface area contributed by atoms with E-state index in [9.17, 15) is 4.79 Å². The topological polar surface area (TPSA) is 79.4 Å². The smallest absolute Gasteiger partial charge is 0.235 e. The molecule has 1 aliphatic heterocycles. The van der Waals surface area contributed by atoms with Crippen LogP contribution in [0.2, 0.25) is 5.02 Å². The molecule has 4 aromatic carbocycles. The highest BCUT2D eigenvalue weighted by atomic mass is 127. The Morgan fingerprint density at radius 1 is 0.935 bits per heavy atom. The van der Waals surface area contributed by atoms with Gasteiger partial charge >= 0.3 is 0 Å². The van der Waals surface area contributed by atoms with E-state index >= 15 is 0 Å². The Morgan fingerprint density at radius 2 is 1.59 bits per heavy atom. The number of aromatic nitrogens is 3. The van der Waals surface area contributed by atoms with Crippen molar-refractivity contribution in [2.75, 3.05) is 0 Å². The molecule has 0 bridgehead atoms. The lowest BCUT2D eigenvalue weighted by Gasteiger charge is -2.36. The summed E-state index contributed by atoms with van der Waals surface area (Å²) in [6.07, 6.45) is 1.12. The lowest BCUT2D eigenvalue weighted by molar-refractivity contribution is -0.0745. The molecule has 7 nitrogen and oxygen atoms in total. The predicted octanol–water partition coefficient (Wildman–Crippen LogP) is 9.79. The summed E-state index contributed by atoms with van der Waals surface area (Å²) in [5.41, 5.74) is 4.93. The van der Waals surface area contributed by atoms with Crippen molar-refractivity contribution in [2.24, 2.45) is 0 Å². The van der Waals surface area contributed by atoms with E-state index in [1.807, 2.05) is 84.4 Å². The molecule has 3 heterocycles. The predicted molar refractivity (Wildman–Crippen MR) is 190 cm³/mol. The second-order valence-corrected chi connectivity index (χ2v) is 13.7. The molecule has 7 rings (SSSR count). The minimum Gasteiger partial charge on any atom is -0.480 e. The number of benzene rings is 4. The molecule has 0 amide bonds. The van der Waals surface area contributed by atoms with Crippen LogP contribution in [-0.2, 0) is 11.3 Å². The molecule has 3 unspecified atom stereocenters. The van der Waals surface area contributed by atoms with Gasteiger partial charge in [0.05, 0.1) is 23.6 Å². The molecule has 1 aliphatic rings. The van der Waals surface area contributed by atoms with E-state index in [1.165, 1.54) is 0 Å².